The average molecular weight is 441 g/mol. The van der Waals surface area contributed by atoms with E-state index in [1.807, 2.05) is 6.07 Å². The normalized spacial score (nSPS) is 11.0. The fourth-order valence-electron chi connectivity index (χ4n) is 2.99. The molecule has 0 N–H and O–H groups in total. The van der Waals surface area contributed by atoms with Crippen molar-refractivity contribution in [3.05, 3.63) is 81.7 Å². The number of hydrogen-bond donors (Lipinski definition) is 0. The van der Waals surface area contributed by atoms with Crippen molar-refractivity contribution < 1.29 is 18.3 Å². The fourth-order valence-corrected chi connectivity index (χ4v) is 3.18. The Labute approximate surface area is 182 Å². The molecule has 4 rings (SSSR count). The van der Waals surface area contributed by atoms with Gasteiger partial charge in [-0.1, -0.05) is 28.9 Å². The first kappa shape index (κ1) is 20.7. The zero-order chi connectivity index (χ0) is 22.1. The number of esters is 1. The van der Waals surface area contributed by atoms with Crippen LogP contribution >= 0.6 is 11.6 Å². The van der Waals surface area contributed by atoms with Crippen LogP contribution in [0, 0.1) is 26.6 Å². The zero-order valence-corrected chi connectivity index (χ0v) is 17.8. The van der Waals surface area contributed by atoms with Crippen LogP contribution in [0.15, 0.2) is 46.9 Å². The molecule has 0 saturated heterocycles. The van der Waals surface area contributed by atoms with Gasteiger partial charge >= 0.3 is 5.97 Å². The van der Waals surface area contributed by atoms with E-state index in [4.69, 9.17) is 20.8 Å². The number of halogens is 2. The maximum Gasteiger partial charge on any atom is 0.361 e. The minimum atomic E-state index is -0.664. The summed E-state index contributed by atoms with van der Waals surface area (Å²) in [6.45, 7) is 4.96. The van der Waals surface area contributed by atoms with E-state index in [0.717, 1.165) is 5.56 Å². The Morgan fingerprint density at radius 3 is 2.74 bits per heavy atom. The molecule has 0 atom stereocenters. The van der Waals surface area contributed by atoms with Gasteiger partial charge in [0.2, 0.25) is 5.89 Å². The number of carbonyl (C=O) groups excluding carboxylic acids is 1. The van der Waals surface area contributed by atoms with Crippen LogP contribution in [0.25, 0.3) is 17.1 Å². The molecule has 0 fully saturated rings. The molecule has 0 bridgehead atoms. The molecule has 0 unspecified atom stereocenters. The van der Waals surface area contributed by atoms with Crippen molar-refractivity contribution in [2.45, 2.75) is 27.4 Å². The van der Waals surface area contributed by atoms with Crippen LogP contribution in [0.3, 0.4) is 0 Å². The van der Waals surface area contributed by atoms with Crippen LogP contribution in [-0.4, -0.2) is 25.9 Å². The SMILES string of the molecule is Cc1ccc(-n2nnc(C(=O)OCc3nc(-c4cccc(Cl)c4)oc3C)c2C)cc1F. The topological polar surface area (TPSA) is 83.0 Å². The number of aromatic nitrogens is 4. The van der Waals surface area contributed by atoms with E-state index in [2.05, 4.69) is 15.3 Å². The minimum Gasteiger partial charge on any atom is -0.454 e. The molecule has 0 saturated carbocycles. The highest BCUT2D eigenvalue weighted by Crippen LogP contribution is 2.25. The third-order valence-corrected chi connectivity index (χ3v) is 5.03. The Bertz CT molecular complexity index is 1280. The van der Waals surface area contributed by atoms with Crippen molar-refractivity contribution in [3.8, 4) is 17.1 Å². The third-order valence-electron chi connectivity index (χ3n) is 4.79. The Kier molecular flexibility index (Phi) is 5.56. The van der Waals surface area contributed by atoms with Gasteiger partial charge in [-0.25, -0.2) is 18.9 Å². The smallest absolute Gasteiger partial charge is 0.361 e. The summed E-state index contributed by atoms with van der Waals surface area (Å²) in [5, 5.41) is 8.42. The van der Waals surface area contributed by atoms with Crippen molar-refractivity contribution in [1.82, 2.24) is 20.0 Å². The summed E-state index contributed by atoms with van der Waals surface area (Å²) in [7, 11) is 0. The Morgan fingerprint density at radius 1 is 1.19 bits per heavy atom. The van der Waals surface area contributed by atoms with E-state index < -0.39 is 5.97 Å². The first-order valence-electron chi connectivity index (χ1n) is 9.41. The average Bonchev–Trinajstić information content (AvgIpc) is 3.31. The van der Waals surface area contributed by atoms with Crippen LogP contribution in [0.1, 0.15) is 33.2 Å². The zero-order valence-electron chi connectivity index (χ0n) is 17.0. The number of rotatable bonds is 5. The molecule has 7 nitrogen and oxygen atoms in total. The second-order valence-electron chi connectivity index (χ2n) is 6.98. The van der Waals surface area contributed by atoms with Crippen LogP contribution in [-0.2, 0) is 11.3 Å². The highest BCUT2D eigenvalue weighted by Gasteiger charge is 2.21. The Hall–Kier alpha value is -3.52. The second kappa shape index (κ2) is 8.31. The van der Waals surface area contributed by atoms with E-state index in [9.17, 15) is 9.18 Å². The van der Waals surface area contributed by atoms with Crippen LogP contribution in [0.4, 0.5) is 4.39 Å². The van der Waals surface area contributed by atoms with Gasteiger partial charge in [0.15, 0.2) is 5.69 Å². The van der Waals surface area contributed by atoms with Crippen molar-refractivity contribution in [2.75, 3.05) is 0 Å². The fraction of sp³-hybridized carbons (Fsp3) is 0.182. The lowest BCUT2D eigenvalue weighted by Gasteiger charge is -2.05. The summed E-state index contributed by atoms with van der Waals surface area (Å²) in [6, 6.07) is 11.8. The Balaban J connectivity index is 1.50. The first-order valence-corrected chi connectivity index (χ1v) is 9.79. The summed E-state index contributed by atoms with van der Waals surface area (Å²) in [4.78, 5) is 16.9. The quantitative estimate of drug-likeness (QED) is 0.406. The highest BCUT2D eigenvalue weighted by molar-refractivity contribution is 6.30. The molecule has 4 aromatic rings. The van der Waals surface area contributed by atoms with E-state index in [0.29, 0.717) is 39.3 Å². The van der Waals surface area contributed by atoms with Gasteiger partial charge < -0.3 is 9.15 Å². The van der Waals surface area contributed by atoms with E-state index in [-0.39, 0.29) is 18.1 Å². The number of ether oxygens (including phenoxy) is 1. The summed E-state index contributed by atoms with van der Waals surface area (Å²) < 4.78 is 26.3. The lowest BCUT2D eigenvalue weighted by atomic mass is 10.2. The van der Waals surface area contributed by atoms with Crippen LogP contribution in [0.2, 0.25) is 5.02 Å². The molecule has 158 valence electrons. The van der Waals surface area contributed by atoms with Gasteiger partial charge in [-0.15, -0.1) is 5.10 Å². The van der Waals surface area contributed by atoms with Crippen LogP contribution in [0.5, 0.6) is 0 Å². The van der Waals surface area contributed by atoms with Gasteiger partial charge in [-0.2, -0.15) is 0 Å². The first-order chi connectivity index (χ1) is 14.8. The number of hydrogen-bond acceptors (Lipinski definition) is 6. The molecule has 2 heterocycles. The lowest BCUT2D eigenvalue weighted by molar-refractivity contribution is 0.0459. The molecule has 0 aliphatic carbocycles. The number of nitrogens with zero attached hydrogens (tertiary/aromatic N) is 4. The monoisotopic (exact) mass is 440 g/mol. The lowest BCUT2D eigenvalue weighted by Crippen LogP contribution is -2.09. The van der Waals surface area contributed by atoms with Gasteiger partial charge in [-0.05, 0) is 56.7 Å². The Morgan fingerprint density at radius 2 is 2.00 bits per heavy atom. The molecule has 0 radical (unpaired) electrons. The molecule has 0 aliphatic rings. The minimum absolute atomic E-state index is 0.0391. The number of aryl methyl sites for hydroxylation is 2. The summed E-state index contributed by atoms with van der Waals surface area (Å²) in [5.74, 6) is -0.121. The van der Waals surface area contributed by atoms with E-state index in [1.54, 1.807) is 51.1 Å². The highest BCUT2D eigenvalue weighted by atomic mass is 35.5. The van der Waals surface area contributed by atoms with Gasteiger partial charge in [0.25, 0.3) is 0 Å². The van der Waals surface area contributed by atoms with Gasteiger partial charge in [0, 0.05) is 10.6 Å². The molecule has 2 aromatic heterocycles. The molecule has 0 aliphatic heterocycles. The second-order valence-corrected chi connectivity index (χ2v) is 7.41. The van der Waals surface area contributed by atoms with Crippen molar-refractivity contribution in [2.24, 2.45) is 0 Å². The summed E-state index contributed by atoms with van der Waals surface area (Å²) in [5.41, 5.74) is 2.65. The van der Waals surface area contributed by atoms with E-state index in [1.165, 1.54) is 10.7 Å². The molecule has 31 heavy (non-hydrogen) atoms. The molecular formula is C22H18ClFN4O3. The molecule has 9 heteroatoms. The van der Waals surface area contributed by atoms with Crippen molar-refractivity contribution in [3.63, 3.8) is 0 Å². The number of oxazole rings is 1. The summed E-state index contributed by atoms with van der Waals surface area (Å²) in [6.07, 6.45) is 0. The van der Waals surface area contributed by atoms with Crippen molar-refractivity contribution >= 4 is 17.6 Å². The van der Waals surface area contributed by atoms with Crippen LogP contribution < -0.4 is 0 Å². The predicted octanol–water partition coefficient (Wildman–Crippen LogP) is 5.00. The maximum absolute atomic E-state index is 13.9. The van der Waals surface area contributed by atoms with E-state index >= 15 is 0 Å². The molecular weight excluding hydrogens is 423 g/mol. The predicted molar refractivity (Wildman–Crippen MR) is 112 cm³/mol. The summed E-state index contributed by atoms with van der Waals surface area (Å²) >= 11 is 6.01. The molecule has 0 spiro atoms. The maximum atomic E-state index is 13.9. The number of carbonyl (C=O) groups is 1. The standard InChI is InChI=1S/C22H18ClFN4O3/c1-12-7-8-17(10-18(12)24)28-13(2)20(26-27-28)22(29)30-11-19-14(3)31-21(25-19)15-5-4-6-16(23)9-15/h4-10H,11H2,1-3H3. The largest absolute Gasteiger partial charge is 0.454 e. The van der Waals surface area contributed by atoms with Gasteiger partial charge in [-0.3, -0.25) is 0 Å². The third kappa shape index (κ3) is 4.20. The molecule has 2 aromatic carbocycles. The van der Waals surface area contributed by atoms with Gasteiger partial charge in [0.1, 0.15) is 23.9 Å². The van der Waals surface area contributed by atoms with Crippen molar-refractivity contribution in [1.29, 1.82) is 0 Å². The molecule has 0 amide bonds. The van der Waals surface area contributed by atoms with Gasteiger partial charge in [0.05, 0.1) is 11.4 Å². The number of benzene rings is 2.